The van der Waals surface area contributed by atoms with E-state index in [4.69, 9.17) is 15.3 Å². The highest BCUT2D eigenvalue weighted by atomic mass is 16.5. The second-order valence-corrected chi connectivity index (χ2v) is 5.29. The number of nitrogens with one attached hydrogen (secondary N) is 1. The molecular weight excluding hydrogens is 268 g/mol. The highest BCUT2D eigenvalue weighted by molar-refractivity contribution is 5.33. The molecule has 21 heavy (non-hydrogen) atoms. The molecule has 0 aliphatic carbocycles. The molecule has 0 heterocycles. The quantitative estimate of drug-likeness (QED) is 0.332. The number of ether oxygens (including phenoxy) is 2. The molecule has 0 amide bonds. The number of hydrogen-bond acceptors (Lipinski definition) is 5. The van der Waals surface area contributed by atoms with Gasteiger partial charge in [0.05, 0.1) is 5.60 Å². The number of aliphatic hydroxyl groups is 1. The summed E-state index contributed by atoms with van der Waals surface area (Å²) < 4.78 is 11.3. The first-order valence-electron chi connectivity index (χ1n) is 7.65. The molecule has 0 aliphatic heterocycles. The number of nitrogens with two attached hydrogens (primary N) is 1. The molecule has 0 bridgehead atoms. The standard InChI is InChI=1S/C16H28N2O3/c1-3-8-16(19,9-4-2)13-21-15-7-5-6-14(12-15)20-11-10-18-17/h5-7,12,18-19H,3-4,8-11,13,17H2,1-2H3. The average Bonchev–Trinajstić information content (AvgIpc) is 2.47. The molecule has 0 saturated carbocycles. The van der Waals surface area contributed by atoms with E-state index in [2.05, 4.69) is 19.3 Å². The highest BCUT2D eigenvalue weighted by Crippen LogP contribution is 2.24. The van der Waals surface area contributed by atoms with Crippen LogP contribution in [0.15, 0.2) is 24.3 Å². The van der Waals surface area contributed by atoms with E-state index in [0.717, 1.165) is 31.4 Å². The fourth-order valence-electron chi connectivity index (χ4n) is 2.30. The Hall–Kier alpha value is -1.30. The van der Waals surface area contributed by atoms with Crippen LogP contribution >= 0.6 is 0 Å². The van der Waals surface area contributed by atoms with E-state index < -0.39 is 5.60 Å². The van der Waals surface area contributed by atoms with Crippen molar-refractivity contribution >= 4 is 0 Å². The number of rotatable bonds is 11. The lowest BCUT2D eigenvalue weighted by atomic mass is 9.94. The van der Waals surface area contributed by atoms with Crippen LogP contribution in [0.4, 0.5) is 0 Å². The Labute approximate surface area is 127 Å². The van der Waals surface area contributed by atoms with E-state index in [9.17, 15) is 5.11 Å². The monoisotopic (exact) mass is 296 g/mol. The van der Waals surface area contributed by atoms with Crippen LogP contribution in [0.5, 0.6) is 11.5 Å². The van der Waals surface area contributed by atoms with E-state index >= 15 is 0 Å². The van der Waals surface area contributed by atoms with Crippen molar-refractivity contribution < 1.29 is 14.6 Å². The minimum absolute atomic E-state index is 0.308. The third kappa shape index (κ3) is 6.80. The third-order valence-electron chi connectivity index (χ3n) is 3.26. The van der Waals surface area contributed by atoms with E-state index in [1.165, 1.54) is 0 Å². The van der Waals surface area contributed by atoms with Gasteiger partial charge in [-0.15, -0.1) is 0 Å². The zero-order chi connectivity index (χ0) is 15.6. The van der Waals surface area contributed by atoms with Crippen molar-refractivity contribution in [3.05, 3.63) is 24.3 Å². The summed E-state index contributed by atoms with van der Waals surface area (Å²) in [6.45, 7) is 5.52. The van der Waals surface area contributed by atoms with E-state index in [1.807, 2.05) is 24.3 Å². The molecule has 0 aromatic heterocycles. The van der Waals surface area contributed by atoms with Crippen molar-refractivity contribution in [1.29, 1.82) is 0 Å². The minimum Gasteiger partial charge on any atom is -0.492 e. The van der Waals surface area contributed by atoms with Crippen molar-refractivity contribution in [1.82, 2.24) is 5.43 Å². The average molecular weight is 296 g/mol. The molecule has 1 aromatic carbocycles. The van der Waals surface area contributed by atoms with Crippen molar-refractivity contribution in [2.24, 2.45) is 5.84 Å². The summed E-state index contributed by atoms with van der Waals surface area (Å²) >= 11 is 0. The normalized spacial score (nSPS) is 11.4. The molecular formula is C16H28N2O3. The van der Waals surface area contributed by atoms with Crippen LogP contribution < -0.4 is 20.7 Å². The highest BCUT2D eigenvalue weighted by Gasteiger charge is 2.25. The van der Waals surface area contributed by atoms with Crippen LogP contribution in [0.1, 0.15) is 39.5 Å². The summed E-state index contributed by atoms with van der Waals surface area (Å²) in [4.78, 5) is 0. The van der Waals surface area contributed by atoms with Crippen molar-refractivity contribution in [2.75, 3.05) is 19.8 Å². The van der Waals surface area contributed by atoms with E-state index in [0.29, 0.717) is 25.5 Å². The molecule has 1 aromatic rings. The molecule has 0 unspecified atom stereocenters. The summed E-state index contributed by atoms with van der Waals surface area (Å²) in [5, 5.41) is 10.5. The summed E-state index contributed by atoms with van der Waals surface area (Å²) in [6, 6.07) is 7.44. The fourth-order valence-corrected chi connectivity index (χ4v) is 2.30. The topological polar surface area (TPSA) is 76.7 Å². The van der Waals surface area contributed by atoms with Gasteiger partial charge < -0.3 is 14.6 Å². The van der Waals surface area contributed by atoms with Crippen LogP contribution in [0.25, 0.3) is 0 Å². The summed E-state index contributed by atoms with van der Waals surface area (Å²) in [6.07, 6.45) is 3.38. The van der Waals surface area contributed by atoms with Crippen molar-refractivity contribution in [3.63, 3.8) is 0 Å². The molecule has 5 nitrogen and oxygen atoms in total. The molecule has 0 spiro atoms. The molecule has 0 atom stereocenters. The number of benzene rings is 1. The SMILES string of the molecule is CCCC(O)(CCC)COc1cccc(OCCNN)c1. The Morgan fingerprint density at radius 3 is 2.33 bits per heavy atom. The van der Waals surface area contributed by atoms with Crippen LogP contribution in [0.3, 0.4) is 0 Å². The molecule has 0 fully saturated rings. The second-order valence-electron chi connectivity index (χ2n) is 5.29. The molecule has 1 rings (SSSR count). The first-order valence-corrected chi connectivity index (χ1v) is 7.65. The molecule has 0 saturated heterocycles. The lowest BCUT2D eigenvalue weighted by Gasteiger charge is -2.27. The van der Waals surface area contributed by atoms with Crippen molar-refractivity contribution in [2.45, 2.75) is 45.1 Å². The lowest BCUT2D eigenvalue weighted by Crippen LogP contribution is -2.35. The largest absolute Gasteiger partial charge is 0.492 e. The van der Waals surface area contributed by atoms with Gasteiger partial charge >= 0.3 is 0 Å². The van der Waals surface area contributed by atoms with Crippen LogP contribution in [0.2, 0.25) is 0 Å². The Balaban J connectivity index is 2.55. The fraction of sp³-hybridized carbons (Fsp3) is 0.625. The maximum Gasteiger partial charge on any atom is 0.123 e. The van der Waals surface area contributed by atoms with Gasteiger partial charge in [0.1, 0.15) is 24.7 Å². The zero-order valence-corrected chi connectivity index (χ0v) is 13.1. The molecule has 0 radical (unpaired) electrons. The summed E-state index contributed by atoms with van der Waals surface area (Å²) in [7, 11) is 0. The molecule has 0 aliphatic rings. The van der Waals surface area contributed by atoms with Gasteiger partial charge in [0.15, 0.2) is 0 Å². The van der Waals surface area contributed by atoms with Gasteiger partial charge in [0.2, 0.25) is 0 Å². The van der Waals surface area contributed by atoms with Gasteiger partial charge in [-0.3, -0.25) is 11.3 Å². The maximum atomic E-state index is 10.5. The number of hydrazine groups is 1. The van der Waals surface area contributed by atoms with Crippen LogP contribution in [0, 0.1) is 0 Å². The molecule has 4 N–H and O–H groups in total. The zero-order valence-electron chi connectivity index (χ0n) is 13.1. The third-order valence-corrected chi connectivity index (χ3v) is 3.26. The van der Waals surface area contributed by atoms with Gasteiger partial charge in [-0.2, -0.15) is 0 Å². The van der Waals surface area contributed by atoms with Gasteiger partial charge in [-0.1, -0.05) is 32.8 Å². The van der Waals surface area contributed by atoms with E-state index in [1.54, 1.807) is 0 Å². The molecule has 5 heteroatoms. The van der Waals surface area contributed by atoms with Gasteiger partial charge in [-0.05, 0) is 25.0 Å². The lowest BCUT2D eigenvalue weighted by molar-refractivity contribution is -0.0202. The van der Waals surface area contributed by atoms with Crippen LogP contribution in [-0.4, -0.2) is 30.5 Å². The number of hydrogen-bond donors (Lipinski definition) is 3. The first kappa shape index (κ1) is 17.8. The maximum absolute atomic E-state index is 10.5. The summed E-state index contributed by atoms with van der Waals surface area (Å²) in [5.41, 5.74) is 1.79. The first-order chi connectivity index (χ1) is 10.1. The van der Waals surface area contributed by atoms with Gasteiger partial charge in [-0.25, -0.2) is 0 Å². The van der Waals surface area contributed by atoms with Gasteiger partial charge in [0, 0.05) is 12.6 Å². The summed E-state index contributed by atoms with van der Waals surface area (Å²) in [5.74, 6) is 6.63. The Kier molecular flexibility index (Phi) is 8.12. The van der Waals surface area contributed by atoms with Crippen LogP contribution in [-0.2, 0) is 0 Å². The Morgan fingerprint density at radius 1 is 1.14 bits per heavy atom. The predicted molar refractivity (Wildman–Crippen MR) is 84.4 cm³/mol. The van der Waals surface area contributed by atoms with Gasteiger partial charge in [0.25, 0.3) is 0 Å². The van der Waals surface area contributed by atoms with E-state index in [-0.39, 0.29) is 0 Å². The Bertz CT molecular complexity index is 393. The minimum atomic E-state index is -0.746. The second kappa shape index (κ2) is 9.60. The smallest absolute Gasteiger partial charge is 0.123 e. The Morgan fingerprint density at radius 2 is 1.76 bits per heavy atom. The molecule has 120 valence electrons. The predicted octanol–water partition coefficient (Wildman–Crippen LogP) is 2.24. The van der Waals surface area contributed by atoms with Crippen molar-refractivity contribution in [3.8, 4) is 11.5 Å².